The molecule has 2 aliphatic heterocycles. The molecule has 3 rings (SSSR count). The van der Waals surface area contributed by atoms with Gasteiger partial charge in [0.2, 0.25) is 0 Å². The van der Waals surface area contributed by atoms with Crippen molar-refractivity contribution in [2.75, 3.05) is 31.1 Å². The van der Waals surface area contributed by atoms with Gasteiger partial charge in [-0.2, -0.15) is 0 Å². The molecule has 8 heteroatoms. The minimum Gasteiger partial charge on any atom is -0.351 e. The average molecular weight is 315 g/mol. The molecule has 1 aromatic rings. The van der Waals surface area contributed by atoms with Gasteiger partial charge in [-0.1, -0.05) is 23.2 Å². The number of amides is 2. The van der Waals surface area contributed by atoms with Gasteiger partial charge >= 0.3 is 11.8 Å². The summed E-state index contributed by atoms with van der Waals surface area (Å²) in [4.78, 5) is 30.9. The van der Waals surface area contributed by atoms with E-state index in [9.17, 15) is 9.59 Å². The molecule has 0 aliphatic carbocycles. The third kappa shape index (κ3) is 2.29. The van der Waals surface area contributed by atoms with Crippen molar-refractivity contribution < 1.29 is 9.59 Å². The van der Waals surface area contributed by atoms with Gasteiger partial charge < -0.3 is 15.1 Å². The van der Waals surface area contributed by atoms with E-state index in [4.69, 9.17) is 23.2 Å². The fraction of sp³-hybridized carbons (Fsp3) is 0.417. The maximum Gasteiger partial charge on any atom is 0.312 e. The Balaban J connectivity index is 1.79. The average Bonchev–Trinajstić information content (AvgIpc) is 2.43. The molecule has 2 aliphatic rings. The number of piperazine rings is 2. The molecule has 1 aromatic heterocycles. The van der Waals surface area contributed by atoms with Gasteiger partial charge in [-0.15, -0.1) is 0 Å². The summed E-state index contributed by atoms with van der Waals surface area (Å²) in [5.74, 6) is -0.339. The number of halogens is 2. The smallest absolute Gasteiger partial charge is 0.312 e. The molecule has 6 nitrogen and oxygen atoms in total. The van der Waals surface area contributed by atoms with E-state index < -0.39 is 11.8 Å². The first kappa shape index (κ1) is 13.5. The van der Waals surface area contributed by atoms with Crippen molar-refractivity contribution in [3.8, 4) is 0 Å². The Hall–Kier alpha value is -1.53. The zero-order valence-corrected chi connectivity index (χ0v) is 12.0. The van der Waals surface area contributed by atoms with E-state index in [1.165, 1.54) is 0 Å². The summed E-state index contributed by atoms with van der Waals surface area (Å²) < 4.78 is 0. The van der Waals surface area contributed by atoms with Crippen molar-refractivity contribution >= 4 is 40.8 Å². The van der Waals surface area contributed by atoms with Crippen molar-refractivity contribution in [1.29, 1.82) is 0 Å². The van der Waals surface area contributed by atoms with Crippen LogP contribution in [0.2, 0.25) is 10.0 Å². The van der Waals surface area contributed by atoms with Crippen LogP contribution in [0.25, 0.3) is 0 Å². The van der Waals surface area contributed by atoms with Crippen molar-refractivity contribution in [3.05, 3.63) is 22.3 Å². The molecule has 20 heavy (non-hydrogen) atoms. The van der Waals surface area contributed by atoms with E-state index in [0.29, 0.717) is 42.0 Å². The Morgan fingerprint density at radius 2 is 2.10 bits per heavy atom. The van der Waals surface area contributed by atoms with E-state index in [-0.39, 0.29) is 6.04 Å². The highest BCUT2D eigenvalue weighted by atomic mass is 35.5. The monoisotopic (exact) mass is 314 g/mol. The maximum absolute atomic E-state index is 11.8. The number of rotatable bonds is 1. The number of hydrogen-bond acceptors (Lipinski definition) is 4. The number of fused-ring (bicyclic) bond motifs is 1. The second-order valence-corrected chi connectivity index (χ2v) is 5.61. The molecule has 1 N–H and O–H groups in total. The fourth-order valence-electron chi connectivity index (χ4n) is 2.55. The third-order valence-electron chi connectivity index (χ3n) is 3.52. The fourth-order valence-corrected chi connectivity index (χ4v) is 3.05. The van der Waals surface area contributed by atoms with Crippen LogP contribution in [-0.4, -0.2) is 53.9 Å². The van der Waals surface area contributed by atoms with Gasteiger partial charge in [-0.3, -0.25) is 9.59 Å². The summed E-state index contributed by atoms with van der Waals surface area (Å²) in [6.07, 6.45) is 1.54. The van der Waals surface area contributed by atoms with Gasteiger partial charge in [0.1, 0.15) is 5.82 Å². The lowest BCUT2D eigenvalue weighted by molar-refractivity contribution is -0.150. The highest BCUT2D eigenvalue weighted by molar-refractivity contribution is 6.36. The number of anilines is 1. The lowest BCUT2D eigenvalue weighted by Gasteiger charge is -2.43. The van der Waals surface area contributed by atoms with Gasteiger partial charge in [0, 0.05) is 32.4 Å². The van der Waals surface area contributed by atoms with Crippen LogP contribution in [0.4, 0.5) is 5.82 Å². The Morgan fingerprint density at radius 3 is 2.85 bits per heavy atom. The molecular weight excluding hydrogens is 303 g/mol. The number of carbonyl (C=O) groups excluding carboxylic acids is 2. The van der Waals surface area contributed by atoms with Crippen LogP contribution in [0.1, 0.15) is 0 Å². The summed E-state index contributed by atoms with van der Waals surface area (Å²) >= 11 is 12.0. The molecule has 0 bridgehead atoms. The van der Waals surface area contributed by atoms with Crippen LogP contribution in [0.15, 0.2) is 12.3 Å². The Kier molecular flexibility index (Phi) is 3.43. The zero-order chi connectivity index (χ0) is 14.3. The number of pyridine rings is 1. The molecule has 3 heterocycles. The van der Waals surface area contributed by atoms with E-state index in [0.717, 1.165) is 0 Å². The SMILES string of the molecule is O=C1NC[C@@H]2CN(c3ncc(Cl)cc3Cl)CCN2C1=O. The summed E-state index contributed by atoms with van der Waals surface area (Å²) in [7, 11) is 0. The van der Waals surface area contributed by atoms with E-state index in [1.807, 2.05) is 4.90 Å². The van der Waals surface area contributed by atoms with Crippen LogP contribution in [-0.2, 0) is 9.59 Å². The maximum atomic E-state index is 11.8. The number of aromatic nitrogens is 1. The van der Waals surface area contributed by atoms with Crippen molar-refractivity contribution in [1.82, 2.24) is 15.2 Å². The van der Waals surface area contributed by atoms with Crippen LogP contribution in [0.5, 0.6) is 0 Å². The van der Waals surface area contributed by atoms with Gasteiger partial charge in [0.15, 0.2) is 0 Å². The number of nitrogens with one attached hydrogen (secondary N) is 1. The summed E-state index contributed by atoms with van der Waals surface area (Å²) in [6, 6.07) is 1.59. The molecule has 106 valence electrons. The van der Waals surface area contributed by atoms with Gasteiger partial charge in [-0.05, 0) is 6.07 Å². The summed E-state index contributed by atoms with van der Waals surface area (Å²) in [5, 5.41) is 3.56. The van der Waals surface area contributed by atoms with Crippen LogP contribution in [0.3, 0.4) is 0 Å². The molecule has 0 spiro atoms. The predicted octanol–water partition coefficient (Wildman–Crippen LogP) is 0.535. The molecule has 1 atom stereocenters. The molecule has 0 unspecified atom stereocenters. The summed E-state index contributed by atoms with van der Waals surface area (Å²) in [5.41, 5.74) is 0. The van der Waals surface area contributed by atoms with Crippen LogP contribution in [0, 0.1) is 0 Å². The lowest BCUT2D eigenvalue weighted by Crippen LogP contribution is -2.65. The molecule has 0 aromatic carbocycles. The number of nitrogens with zero attached hydrogens (tertiary/aromatic N) is 3. The quantitative estimate of drug-likeness (QED) is 0.768. The third-order valence-corrected chi connectivity index (χ3v) is 4.01. The minimum absolute atomic E-state index is 0.0532. The van der Waals surface area contributed by atoms with Crippen molar-refractivity contribution in [3.63, 3.8) is 0 Å². The molecule has 2 amide bonds. The predicted molar refractivity (Wildman–Crippen MR) is 75.0 cm³/mol. The first-order valence-corrected chi connectivity index (χ1v) is 6.96. The Labute approximate surface area is 125 Å². The first-order valence-electron chi connectivity index (χ1n) is 6.21. The van der Waals surface area contributed by atoms with Crippen molar-refractivity contribution in [2.45, 2.75) is 6.04 Å². The molecule has 2 saturated heterocycles. The highest BCUT2D eigenvalue weighted by Gasteiger charge is 2.38. The number of hydrogen-bond donors (Lipinski definition) is 1. The van der Waals surface area contributed by atoms with E-state index >= 15 is 0 Å². The van der Waals surface area contributed by atoms with Crippen molar-refractivity contribution in [2.24, 2.45) is 0 Å². The number of carbonyl (C=O) groups is 2. The standard InChI is InChI=1S/C12H12Cl2N4O2/c13-7-3-9(14)10(15-4-7)17-1-2-18-8(6-17)5-16-11(19)12(18)20/h3-4,8H,1-2,5-6H2,(H,16,19)/t8-/m1/s1. The topological polar surface area (TPSA) is 65.5 Å². The second kappa shape index (κ2) is 5.10. The zero-order valence-electron chi connectivity index (χ0n) is 10.5. The highest BCUT2D eigenvalue weighted by Crippen LogP contribution is 2.28. The van der Waals surface area contributed by atoms with Gasteiger partial charge in [-0.25, -0.2) is 4.98 Å². The molecule has 0 saturated carbocycles. The van der Waals surface area contributed by atoms with Gasteiger partial charge in [0.05, 0.1) is 16.1 Å². The Morgan fingerprint density at radius 1 is 1.30 bits per heavy atom. The summed E-state index contributed by atoms with van der Waals surface area (Å²) in [6.45, 7) is 2.11. The minimum atomic E-state index is -0.530. The van der Waals surface area contributed by atoms with Crippen LogP contribution >= 0.6 is 23.2 Å². The van der Waals surface area contributed by atoms with E-state index in [2.05, 4.69) is 10.3 Å². The van der Waals surface area contributed by atoms with Crippen LogP contribution < -0.4 is 10.2 Å². The molecule has 0 radical (unpaired) electrons. The molecular formula is C12H12Cl2N4O2. The Bertz CT molecular complexity index is 581. The second-order valence-electron chi connectivity index (χ2n) is 4.77. The van der Waals surface area contributed by atoms with Gasteiger partial charge in [0.25, 0.3) is 0 Å². The molecule has 2 fully saturated rings. The lowest BCUT2D eigenvalue weighted by atomic mass is 10.1. The largest absolute Gasteiger partial charge is 0.351 e. The normalized spacial score (nSPS) is 22.6. The first-order chi connectivity index (χ1) is 9.56. The van der Waals surface area contributed by atoms with E-state index in [1.54, 1.807) is 17.2 Å².